The highest BCUT2D eigenvalue weighted by Crippen LogP contribution is 2.25. The molecule has 1 aromatic heterocycles. The fourth-order valence-electron chi connectivity index (χ4n) is 1.43. The number of aromatic nitrogens is 1. The first-order chi connectivity index (χ1) is 7.22. The van der Waals surface area contributed by atoms with E-state index in [1.807, 2.05) is 19.1 Å². The van der Waals surface area contributed by atoms with Crippen molar-refractivity contribution in [3.8, 4) is 0 Å². The van der Waals surface area contributed by atoms with Gasteiger partial charge in [-0.05, 0) is 31.2 Å². The maximum atomic E-state index is 13.5. The third kappa shape index (κ3) is 1.95. The van der Waals surface area contributed by atoms with E-state index < -0.39 is 0 Å². The van der Waals surface area contributed by atoms with Crippen LogP contribution in [0.3, 0.4) is 0 Å². The molecule has 0 bridgehead atoms. The molecular weight excluding hydrogens is 259 g/mol. The Balaban J connectivity index is 2.65. The van der Waals surface area contributed by atoms with Crippen molar-refractivity contribution in [3.05, 3.63) is 34.6 Å². The summed E-state index contributed by atoms with van der Waals surface area (Å²) in [6.45, 7) is 2.75. The SMILES string of the molecule is CCNc1ccc2c(Br)ccc(F)c2n1. The average molecular weight is 269 g/mol. The predicted octanol–water partition coefficient (Wildman–Crippen LogP) is 3.57. The molecule has 0 amide bonds. The van der Waals surface area contributed by atoms with Crippen molar-refractivity contribution in [3.63, 3.8) is 0 Å². The topological polar surface area (TPSA) is 24.9 Å². The molecule has 0 saturated heterocycles. The molecule has 4 heteroatoms. The molecule has 0 aliphatic heterocycles. The summed E-state index contributed by atoms with van der Waals surface area (Å²) >= 11 is 3.37. The molecule has 1 aromatic carbocycles. The summed E-state index contributed by atoms with van der Waals surface area (Å²) < 4.78 is 14.3. The first-order valence-electron chi connectivity index (χ1n) is 4.71. The third-order valence-corrected chi connectivity index (χ3v) is 2.80. The van der Waals surface area contributed by atoms with Gasteiger partial charge in [-0.15, -0.1) is 0 Å². The van der Waals surface area contributed by atoms with Crippen molar-refractivity contribution >= 4 is 32.7 Å². The maximum Gasteiger partial charge on any atom is 0.149 e. The van der Waals surface area contributed by atoms with Crippen LogP contribution >= 0.6 is 15.9 Å². The maximum absolute atomic E-state index is 13.5. The van der Waals surface area contributed by atoms with E-state index in [0.29, 0.717) is 11.3 Å². The highest BCUT2D eigenvalue weighted by atomic mass is 79.9. The summed E-state index contributed by atoms with van der Waals surface area (Å²) in [6, 6.07) is 6.80. The van der Waals surface area contributed by atoms with Crippen LogP contribution in [0.15, 0.2) is 28.7 Å². The Labute approximate surface area is 95.6 Å². The lowest BCUT2D eigenvalue weighted by atomic mass is 10.2. The molecule has 78 valence electrons. The van der Waals surface area contributed by atoms with Gasteiger partial charge in [-0.2, -0.15) is 0 Å². The molecule has 2 nitrogen and oxygen atoms in total. The summed E-state index contributed by atoms with van der Waals surface area (Å²) in [5.41, 5.74) is 0.392. The molecule has 0 saturated carbocycles. The number of nitrogens with one attached hydrogen (secondary N) is 1. The van der Waals surface area contributed by atoms with Gasteiger partial charge >= 0.3 is 0 Å². The molecule has 2 rings (SSSR count). The van der Waals surface area contributed by atoms with Gasteiger partial charge in [0.1, 0.15) is 17.2 Å². The molecule has 0 unspecified atom stereocenters. The van der Waals surface area contributed by atoms with Crippen LogP contribution in [0.2, 0.25) is 0 Å². The molecule has 0 aliphatic carbocycles. The number of hydrogen-bond acceptors (Lipinski definition) is 2. The Morgan fingerprint density at radius 3 is 2.87 bits per heavy atom. The van der Waals surface area contributed by atoms with Gasteiger partial charge in [0, 0.05) is 16.4 Å². The van der Waals surface area contributed by atoms with Crippen LogP contribution in [0.25, 0.3) is 10.9 Å². The number of halogens is 2. The smallest absolute Gasteiger partial charge is 0.149 e. The quantitative estimate of drug-likeness (QED) is 0.901. The molecule has 1 heterocycles. The Morgan fingerprint density at radius 2 is 2.13 bits per heavy atom. The molecule has 0 fully saturated rings. The fraction of sp³-hybridized carbons (Fsp3) is 0.182. The normalized spacial score (nSPS) is 10.6. The number of fused-ring (bicyclic) bond motifs is 1. The van der Waals surface area contributed by atoms with Gasteiger partial charge in [0.05, 0.1) is 0 Å². The first kappa shape index (κ1) is 10.4. The summed E-state index contributed by atoms with van der Waals surface area (Å²) in [5, 5.41) is 3.84. The van der Waals surface area contributed by atoms with Crippen LogP contribution in [0.4, 0.5) is 10.2 Å². The van der Waals surface area contributed by atoms with Crippen molar-refractivity contribution in [2.24, 2.45) is 0 Å². The van der Waals surface area contributed by atoms with Gasteiger partial charge in [0.2, 0.25) is 0 Å². The number of nitrogens with zero attached hydrogens (tertiary/aromatic N) is 1. The van der Waals surface area contributed by atoms with Crippen molar-refractivity contribution < 1.29 is 4.39 Å². The summed E-state index contributed by atoms with van der Waals surface area (Å²) in [4.78, 5) is 4.21. The van der Waals surface area contributed by atoms with Crippen molar-refractivity contribution in [2.75, 3.05) is 11.9 Å². The molecular formula is C11H10BrFN2. The van der Waals surface area contributed by atoms with E-state index in [-0.39, 0.29) is 5.82 Å². The molecule has 2 aromatic rings. The Hall–Kier alpha value is -1.16. The fourth-order valence-corrected chi connectivity index (χ4v) is 1.88. The zero-order valence-corrected chi connectivity index (χ0v) is 9.81. The largest absolute Gasteiger partial charge is 0.370 e. The summed E-state index contributed by atoms with van der Waals surface area (Å²) in [5.74, 6) is 0.398. The molecule has 1 N–H and O–H groups in total. The highest BCUT2D eigenvalue weighted by molar-refractivity contribution is 9.10. The second-order valence-electron chi connectivity index (χ2n) is 3.15. The second-order valence-corrected chi connectivity index (χ2v) is 4.01. The minimum absolute atomic E-state index is 0.298. The van der Waals surface area contributed by atoms with Crippen molar-refractivity contribution in [1.82, 2.24) is 4.98 Å². The minimum Gasteiger partial charge on any atom is -0.370 e. The zero-order valence-electron chi connectivity index (χ0n) is 8.22. The van der Waals surface area contributed by atoms with E-state index in [1.54, 1.807) is 6.07 Å². The van der Waals surface area contributed by atoms with Gasteiger partial charge in [-0.1, -0.05) is 15.9 Å². The van der Waals surface area contributed by atoms with E-state index in [1.165, 1.54) is 6.07 Å². The molecule has 0 radical (unpaired) electrons. The van der Waals surface area contributed by atoms with E-state index in [0.717, 1.165) is 16.4 Å². The number of hydrogen-bond donors (Lipinski definition) is 1. The van der Waals surface area contributed by atoms with E-state index in [2.05, 4.69) is 26.2 Å². The Bertz CT molecular complexity index is 499. The number of anilines is 1. The van der Waals surface area contributed by atoms with Crippen LogP contribution in [0.1, 0.15) is 6.92 Å². The van der Waals surface area contributed by atoms with Gasteiger partial charge in [-0.3, -0.25) is 0 Å². The van der Waals surface area contributed by atoms with Crippen LogP contribution in [0.5, 0.6) is 0 Å². The number of rotatable bonds is 2. The lowest BCUT2D eigenvalue weighted by Crippen LogP contribution is -1.99. The third-order valence-electron chi connectivity index (χ3n) is 2.11. The summed E-state index contributed by atoms with van der Waals surface area (Å²) in [6.07, 6.45) is 0. The number of pyridine rings is 1. The average Bonchev–Trinajstić information content (AvgIpc) is 2.24. The molecule has 0 atom stereocenters. The highest BCUT2D eigenvalue weighted by Gasteiger charge is 2.06. The Morgan fingerprint density at radius 1 is 1.33 bits per heavy atom. The first-order valence-corrected chi connectivity index (χ1v) is 5.50. The molecule has 0 spiro atoms. The zero-order chi connectivity index (χ0) is 10.8. The van der Waals surface area contributed by atoms with Crippen molar-refractivity contribution in [1.29, 1.82) is 0 Å². The van der Waals surface area contributed by atoms with Crippen LogP contribution in [-0.4, -0.2) is 11.5 Å². The monoisotopic (exact) mass is 268 g/mol. The van der Waals surface area contributed by atoms with E-state index in [4.69, 9.17) is 0 Å². The molecule has 15 heavy (non-hydrogen) atoms. The lowest BCUT2D eigenvalue weighted by Gasteiger charge is -2.05. The van der Waals surface area contributed by atoms with E-state index >= 15 is 0 Å². The van der Waals surface area contributed by atoms with Crippen LogP contribution < -0.4 is 5.32 Å². The second kappa shape index (κ2) is 4.14. The van der Waals surface area contributed by atoms with Gasteiger partial charge in [0.15, 0.2) is 0 Å². The lowest BCUT2D eigenvalue weighted by molar-refractivity contribution is 0.636. The summed E-state index contributed by atoms with van der Waals surface area (Å²) in [7, 11) is 0. The standard InChI is InChI=1S/C11H10BrFN2/c1-2-14-10-6-3-7-8(12)4-5-9(13)11(7)15-10/h3-6H,2H2,1H3,(H,14,15). The van der Waals surface area contributed by atoms with Gasteiger partial charge in [-0.25, -0.2) is 9.37 Å². The van der Waals surface area contributed by atoms with Crippen LogP contribution in [0, 0.1) is 5.82 Å². The van der Waals surface area contributed by atoms with E-state index in [9.17, 15) is 4.39 Å². The minimum atomic E-state index is -0.298. The van der Waals surface area contributed by atoms with Gasteiger partial charge in [0.25, 0.3) is 0 Å². The predicted molar refractivity (Wildman–Crippen MR) is 63.6 cm³/mol. The van der Waals surface area contributed by atoms with Gasteiger partial charge < -0.3 is 5.32 Å². The number of benzene rings is 1. The van der Waals surface area contributed by atoms with Crippen LogP contribution in [-0.2, 0) is 0 Å². The van der Waals surface area contributed by atoms with Crippen molar-refractivity contribution in [2.45, 2.75) is 6.92 Å². The molecule has 0 aliphatic rings. The Kier molecular flexibility index (Phi) is 2.86.